The van der Waals surface area contributed by atoms with Crippen LogP contribution >= 0.6 is 23.1 Å². The molecule has 0 radical (unpaired) electrons. The molecule has 76 valence electrons. The molecule has 15 heavy (non-hydrogen) atoms. The molecule has 0 fully saturated rings. The fraction of sp³-hybridized carbons (Fsp3) is 0. The molecule has 1 amide bonds. The second-order valence-corrected chi connectivity index (χ2v) is 4.54. The highest BCUT2D eigenvalue weighted by Gasteiger charge is 2.16. The number of amides is 1. The lowest BCUT2D eigenvalue weighted by Crippen LogP contribution is -1.86. The summed E-state index contributed by atoms with van der Waals surface area (Å²) in [4.78, 5) is 31.6. The van der Waals surface area contributed by atoms with Gasteiger partial charge in [-0.2, -0.15) is 4.99 Å². The van der Waals surface area contributed by atoms with E-state index in [1.165, 1.54) is 0 Å². The number of carbonyl (C=O) groups is 1. The van der Waals surface area contributed by atoms with Gasteiger partial charge in [0.05, 0.1) is 11.1 Å². The number of hydrogen-bond donors (Lipinski definition) is 0. The van der Waals surface area contributed by atoms with Crippen LogP contribution in [0, 0.1) is 10.1 Å². The van der Waals surface area contributed by atoms with Gasteiger partial charge in [-0.05, 0) is 23.1 Å². The van der Waals surface area contributed by atoms with Gasteiger partial charge in [0.2, 0.25) is 0 Å². The van der Waals surface area contributed by atoms with E-state index in [0.717, 1.165) is 35.5 Å². The fourth-order valence-corrected chi connectivity index (χ4v) is 2.38. The van der Waals surface area contributed by atoms with Crippen LogP contribution in [0.15, 0.2) is 20.5 Å². The van der Waals surface area contributed by atoms with Crippen LogP contribution in [0.1, 0.15) is 0 Å². The maximum atomic E-state index is 10.7. The van der Waals surface area contributed by atoms with Crippen LogP contribution in [0.5, 0.6) is 0 Å². The second kappa shape index (κ2) is 3.87. The first-order valence-corrected chi connectivity index (χ1v) is 5.23. The zero-order valence-electron chi connectivity index (χ0n) is 6.98. The molecule has 0 aliphatic carbocycles. The van der Waals surface area contributed by atoms with E-state index < -0.39 is 10.8 Å². The van der Waals surface area contributed by atoms with Crippen LogP contribution in [0.2, 0.25) is 0 Å². The maximum absolute atomic E-state index is 10.7. The van der Waals surface area contributed by atoms with Crippen molar-refractivity contribution in [3.05, 3.63) is 16.3 Å². The SMILES string of the molecule is O=C1C=NC(Sc2ncc([N+](=O)[O-])s2)=N1. The van der Waals surface area contributed by atoms with Crippen LogP contribution in [0.3, 0.4) is 0 Å². The number of aliphatic imine (C=N–C) groups is 2. The molecule has 1 aliphatic heterocycles. The molecule has 0 saturated heterocycles. The molecule has 2 heterocycles. The molecule has 0 spiro atoms. The molecule has 0 N–H and O–H groups in total. The fourth-order valence-electron chi connectivity index (χ4n) is 0.771. The Morgan fingerprint density at radius 3 is 2.87 bits per heavy atom. The van der Waals surface area contributed by atoms with Gasteiger partial charge in [0.1, 0.15) is 6.20 Å². The average Bonchev–Trinajstić information content (AvgIpc) is 2.76. The summed E-state index contributed by atoms with van der Waals surface area (Å²) in [7, 11) is 0. The minimum atomic E-state index is -0.521. The third-order valence-corrected chi connectivity index (χ3v) is 3.23. The zero-order valence-corrected chi connectivity index (χ0v) is 8.62. The number of thioether (sulfide) groups is 1. The number of carbonyl (C=O) groups excluding carboxylic acids is 1. The van der Waals surface area contributed by atoms with Crippen molar-refractivity contribution < 1.29 is 9.72 Å². The number of rotatable bonds is 2. The number of thiazole rings is 1. The Morgan fingerprint density at radius 1 is 1.53 bits per heavy atom. The molecular formula is C6H2N4O3S2. The van der Waals surface area contributed by atoms with Gasteiger partial charge in [0.25, 0.3) is 5.91 Å². The molecule has 1 aromatic heterocycles. The quantitative estimate of drug-likeness (QED) is 0.571. The molecule has 0 unspecified atom stereocenters. The van der Waals surface area contributed by atoms with E-state index in [0.29, 0.717) is 4.34 Å². The summed E-state index contributed by atoms with van der Waals surface area (Å²) in [5.41, 5.74) is 0. The first-order chi connectivity index (χ1) is 7.15. The maximum Gasteiger partial charge on any atom is 0.344 e. The summed E-state index contributed by atoms with van der Waals surface area (Å²) in [6.45, 7) is 0. The molecule has 0 aromatic carbocycles. The van der Waals surface area contributed by atoms with Gasteiger partial charge in [-0.3, -0.25) is 14.9 Å². The molecule has 1 aliphatic rings. The van der Waals surface area contributed by atoms with Crippen LogP contribution in [0.4, 0.5) is 5.00 Å². The van der Waals surface area contributed by atoms with Gasteiger partial charge in [-0.15, -0.1) is 0 Å². The topological polar surface area (TPSA) is 97.8 Å². The molecule has 0 atom stereocenters. The lowest BCUT2D eigenvalue weighted by Gasteiger charge is -1.88. The average molecular weight is 242 g/mol. The van der Waals surface area contributed by atoms with Crippen molar-refractivity contribution >= 4 is 45.4 Å². The summed E-state index contributed by atoms with van der Waals surface area (Å²) in [6.07, 6.45) is 2.25. The predicted molar refractivity (Wildman–Crippen MR) is 55.6 cm³/mol. The van der Waals surface area contributed by atoms with Crippen molar-refractivity contribution in [3.63, 3.8) is 0 Å². The zero-order chi connectivity index (χ0) is 10.8. The highest BCUT2D eigenvalue weighted by molar-refractivity contribution is 8.15. The number of aromatic nitrogens is 1. The Balaban J connectivity index is 2.12. The minimum Gasteiger partial charge on any atom is -0.266 e. The monoisotopic (exact) mass is 242 g/mol. The number of nitrogens with zero attached hydrogens (tertiary/aromatic N) is 4. The number of nitro groups is 1. The van der Waals surface area contributed by atoms with Crippen LogP contribution < -0.4 is 0 Å². The van der Waals surface area contributed by atoms with Gasteiger partial charge >= 0.3 is 5.00 Å². The van der Waals surface area contributed by atoms with E-state index in [2.05, 4.69) is 15.0 Å². The lowest BCUT2D eigenvalue weighted by molar-refractivity contribution is -0.380. The molecule has 0 bridgehead atoms. The molecular weight excluding hydrogens is 240 g/mol. The standard InChI is InChI=1S/C6H2N4O3S2/c11-3-1-7-5(9-3)15-6-8-2-4(14-6)10(12)13/h1-2H. The number of hydrogen-bond acceptors (Lipinski definition) is 7. The normalized spacial score (nSPS) is 14.4. The second-order valence-electron chi connectivity index (χ2n) is 2.31. The van der Waals surface area contributed by atoms with Gasteiger partial charge < -0.3 is 0 Å². The Morgan fingerprint density at radius 2 is 2.33 bits per heavy atom. The van der Waals surface area contributed by atoms with Gasteiger partial charge in [-0.25, -0.2) is 9.98 Å². The van der Waals surface area contributed by atoms with Crippen molar-refractivity contribution in [1.29, 1.82) is 0 Å². The van der Waals surface area contributed by atoms with E-state index in [9.17, 15) is 14.9 Å². The molecule has 7 nitrogen and oxygen atoms in total. The van der Waals surface area contributed by atoms with Crippen molar-refractivity contribution in [2.75, 3.05) is 0 Å². The Kier molecular flexibility index (Phi) is 2.56. The molecule has 9 heteroatoms. The predicted octanol–water partition coefficient (Wildman–Crippen LogP) is 1.11. The lowest BCUT2D eigenvalue weighted by atomic mass is 10.7. The van der Waals surface area contributed by atoms with E-state index in [1.54, 1.807) is 0 Å². The summed E-state index contributed by atoms with van der Waals surface area (Å²) >= 11 is 1.94. The first kappa shape index (κ1) is 9.93. The highest BCUT2D eigenvalue weighted by Crippen LogP contribution is 2.30. The van der Waals surface area contributed by atoms with E-state index in [4.69, 9.17) is 0 Å². The smallest absolute Gasteiger partial charge is 0.266 e. The third kappa shape index (κ3) is 2.25. The minimum absolute atomic E-state index is 0.0496. The van der Waals surface area contributed by atoms with E-state index in [1.807, 2.05) is 0 Å². The summed E-state index contributed by atoms with van der Waals surface area (Å²) < 4.78 is 0.437. The molecule has 0 saturated carbocycles. The van der Waals surface area contributed by atoms with Crippen LogP contribution in [0.25, 0.3) is 0 Å². The van der Waals surface area contributed by atoms with Crippen LogP contribution in [-0.4, -0.2) is 27.2 Å². The van der Waals surface area contributed by atoms with Gasteiger partial charge in [0, 0.05) is 0 Å². The van der Waals surface area contributed by atoms with Crippen molar-refractivity contribution in [1.82, 2.24) is 4.98 Å². The van der Waals surface area contributed by atoms with Crippen molar-refractivity contribution in [2.24, 2.45) is 9.98 Å². The van der Waals surface area contributed by atoms with E-state index >= 15 is 0 Å². The Labute approximate surface area is 91.1 Å². The highest BCUT2D eigenvalue weighted by atomic mass is 32.2. The molecule has 2 rings (SSSR count). The van der Waals surface area contributed by atoms with Crippen LogP contribution in [-0.2, 0) is 4.79 Å². The van der Waals surface area contributed by atoms with E-state index in [-0.39, 0.29) is 10.2 Å². The van der Waals surface area contributed by atoms with Gasteiger partial charge in [0.15, 0.2) is 9.51 Å². The Hall–Kier alpha value is -1.61. The summed E-state index contributed by atoms with van der Waals surface area (Å²) in [6, 6.07) is 0. The largest absolute Gasteiger partial charge is 0.344 e. The third-order valence-electron chi connectivity index (χ3n) is 1.32. The molecule has 1 aromatic rings. The van der Waals surface area contributed by atoms with Crippen molar-refractivity contribution in [2.45, 2.75) is 4.34 Å². The van der Waals surface area contributed by atoms with Crippen molar-refractivity contribution in [3.8, 4) is 0 Å². The first-order valence-electron chi connectivity index (χ1n) is 3.60. The number of amidine groups is 1. The van der Waals surface area contributed by atoms with Gasteiger partial charge in [-0.1, -0.05) is 0 Å². The summed E-state index contributed by atoms with van der Waals surface area (Å²) in [5, 5.41) is 10.6. The summed E-state index contributed by atoms with van der Waals surface area (Å²) in [5.74, 6) is -0.427. The Bertz CT molecular complexity index is 492.